The van der Waals surface area contributed by atoms with Gasteiger partial charge in [0.1, 0.15) is 23.8 Å². The highest BCUT2D eigenvalue weighted by molar-refractivity contribution is 6.04. The van der Waals surface area contributed by atoms with Gasteiger partial charge in [0.15, 0.2) is 0 Å². The highest BCUT2D eigenvalue weighted by Gasteiger charge is 2.76. The second-order valence-corrected chi connectivity index (χ2v) is 12.7. The van der Waals surface area contributed by atoms with Gasteiger partial charge in [-0.3, -0.25) is 14.4 Å². The standard InChI is InChI=1S/C34H38N6O5/c1-4-33-16-10-19-38(23-12-6-5-7-13-23)30(42)27(33)28-31(43)40(26(20-41)22(2)3)29-32(44)37(18-11-17-34(28,29)45-33)21-39-25-15-9-8-14-24(25)35-36-39/h5-17,22,26-29,41H,4,18-21H2,1-3H3/t26-,27+,28-,29?,33-,34-/m0/s1. The number of fused-ring (bicyclic) bond motifs is 3. The third kappa shape index (κ3) is 4.28. The first-order valence-electron chi connectivity index (χ1n) is 15.7. The van der Waals surface area contributed by atoms with Gasteiger partial charge in [0.2, 0.25) is 11.8 Å². The molecule has 0 saturated carbocycles. The average Bonchev–Trinajstić information content (AvgIpc) is 3.58. The molecule has 0 aliphatic carbocycles. The highest BCUT2D eigenvalue weighted by atomic mass is 16.5. The van der Waals surface area contributed by atoms with E-state index in [-0.39, 0.29) is 43.5 Å². The first kappa shape index (κ1) is 29.4. The third-order valence-electron chi connectivity index (χ3n) is 10.1. The number of ether oxygens (including phenoxy) is 1. The fourth-order valence-electron chi connectivity index (χ4n) is 7.87. The monoisotopic (exact) mass is 610 g/mol. The second kappa shape index (κ2) is 10.9. The molecular formula is C34H38N6O5. The van der Waals surface area contributed by atoms with Crippen molar-refractivity contribution in [2.75, 3.05) is 24.6 Å². The molecule has 11 heteroatoms. The predicted molar refractivity (Wildman–Crippen MR) is 166 cm³/mol. The lowest BCUT2D eigenvalue weighted by atomic mass is 9.73. The van der Waals surface area contributed by atoms with Gasteiger partial charge in [-0.1, -0.05) is 80.6 Å². The molecule has 0 radical (unpaired) electrons. The lowest BCUT2D eigenvalue weighted by molar-refractivity contribution is -0.157. The summed E-state index contributed by atoms with van der Waals surface area (Å²) < 4.78 is 8.75. The van der Waals surface area contributed by atoms with Crippen LogP contribution in [0.4, 0.5) is 5.69 Å². The van der Waals surface area contributed by atoms with Gasteiger partial charge in [-0.05, 0) is 36.6 Å². The maximum absolute atomic E-state index is 14.8. The normalized spacial score (nSPS) is 30.1. The quantitative estimate of drug-likeness (QED) is 0.409. The van der Waals surface area contributed by atoms with Crippen molar-refractivity contribution in [1.82, 2.24) is 24.8 Å². The average molecular weight is 611 g/mol. The van der Waals surface area contributed by atoms with Crippen LogP contribution in [0.25, 0.3) is 11.0 Å². The van der Waals surface area contributed by atoms with E-state index in [0.29, 0.717) is 18.5 Å². The summed E-state index contributed by atoms with van der Waals surface area (Å²) in [6.07, 6.45) is 7.99. The van der Waals surface area contributed by atoms with Gasteiger partial charge in [0.05, 0.1) is 35.6 Å². The number of hydrogen-bond donors (Lipinski definition) is 1. The number of hydrogen-bond acceptors (Lipinski definition) is 7. The van der Waals surface area contributed by atoms with E-state index in [0.717, 1.165) is 11.2 Å². The largest absolute Gasteiger partial charge is 0.394 e. The molecule has 5 heterocycles. The van der Waals surface area contributed by atoms with Gasteiger partial charge in [-0.2, -0.15) is 0 Å². The van der Waals surface area contributed by atoms with Crippen molar-refractivity contribution in [2.45, 2.75) is 57.1 Å². The molecule has 1 spiro atoms. The lowest BCUT2D eigenvalue weighted by Crippen LogP contribution is -2.60. The zero-order valence-corrected chi connectivity index (χ0v) is 25.7. The number of rotatable bonds is 7. The molecule has 4 aliphatic rings. The molecule has 4 aliphatic heterocycles. The Hall–Kier alpha value is -4.35. The molecule has 6 atom stereocenters. The van der Waals surface area contributed by atoms with Gasteiger partial charge < -0.3 is 24.5 Å². The fourth-order valence-corrected chi connectivity index (χ4v) is 7.87. The minimum absolute atomic E-state index is 0.109. The predicted octanol–water partition coefficient (Wildman–Crippen LogP) is 2.77. The number of likely N-dealkylation sites (tertiary alicyclic amines) is 1. The van der Waals surface area contributed by atoms with Crippen molar-refractivity contribution in [3.05, 3.63) is 78.9 Å². The smallest absolute Gasteiger partial charge is 0.250 e. The van der Waals surface area contributed by atoms with Crippen LogP contribution >= 0.6 is 0 Å². The number of aliphatic hydroxyl groups is 1. The maximum atomic E-state index is 14.8. The van der Waals surface area contributed by atoms with Crippen LogP contribution in [-0.4, -0.2) is 90.6 Å². The van der Waals surface area contributed by atoms with Gasteiger partial charge in [0.25, 0.3) is 5.91 Å². The molecule has 11 nitrogen and oxygen atoms in total. The van der Waals surface area contributed by atoms with Gasteiger partial charge in [-0.25, -0.2) is 4.68 Å². The lowest BCUT2D eigenvalue weighted by Gasteiger charge is -2.41. The van der Waals surface area contributed by atoms with Crippen LogP contribution in [-0.2, 0) is 25.8 Å². The van der Waals surface area contributed by atoms with E-state index in [2.05, 4.69) is 10.3 Å². The Morgan fingerprint density at radius 2 is 1.67 bits per heavy atom. The summed E-state index contributed by atoms with van der Waals surface area (Å²) in [6, 6.07) is 15.2. The number of nitrogens with zero attached hydrogens (tertiary/aromatic N) is 6. The summed E-state index contributed by atoms with van der Waals surface area (Å²) in [6.45, 7) is 6.15. The Bertz CT molecular complexity index is 1700. The highest BCUT2D eigenvalue weighted by Crippen LogP contribution is 2.59. The minimum atomic E-state index is -1.42. The van der Waals surface area contributed by atoms with Crippen LogP contribution in [0.5, 0.6) is 0 Å². The van der Waals surface area contributed by atoms with E-state index in [1.165, 1.54) is 4.90 Å². The minimum Gasteiger partial charge on any atom is -0.394 e. The molecule has 45 heavy (non-hydrogen) atoms. The van der Waals surface area contributed by atoms with Crippen molar-refractivity contribution in [3.8, 4) is 0 Å². The van der Waals surface area contributed by atoms with Crippen LogP contribution in [0, 0.1) is 17.8 Å². The molecule has 2 aromatic carbocycles. The van der Waals surface area contributed by atoms with E-state index in [1.807, 2.05) is 99.7 Å². The maximum Gasteiger partial charge on any atom is 0.250 e. The van der Waals surface area contributed by atoms with Gasteiger partial charge in [-0.15, -0.1) is 5.10 Å². The number of anilines is 1. The van der Waals surface area contributed by atoms with Crippen LogP contribution in [0.1, 0.15) is 27.2 Å². The molecule has 2 saturated heterocycles. The summed E-state index contributed by atoms with van der Waals surface area (Å²) in [4.78, 5) is 49.1. The van der Waals surface area contributed by atoms with E-state index in [4.69, 9.17) is 4.74 Å². The molecule has 234 valence electrons. The molecule has 3 aromatic rings. The topological polar surface area (TPSA) is 121 Å². The Labute approximate surface area is 261 Å². The van der Waals surface area contributed by atoms with Gasteiger partial charge in [0, 0.05) is 18.8 Å². The van der Waals surface area contributed by atoms with Gasteiger partial charge >= 0.3 is 0 Å². The van der Waals surface area contributed by atoms with Crippen molar-refractivity contribution < 1.29 is 24.2 Å². The first-order chi connectivity index (χ1) is 21.8. The molecule has 2 fully saturated rings. The summed E-state index contributed by atoms with van der Waals surface area (Å²) >= 11 is 0. The second-order valence-electron chi connectivity index (χ2n) is 12.7. The molecular weight excluding hydrogens is 572 g/mol. The zero-order chi connectivity index (χ0) is 31.5. The fraction of sp³-hybridized carbons (Fsp3) is 0.441. The number of carbonyl (C=O) groups is 3. The molecule has 1 aromatic heterocycles. The third-order valence-corrected chi connectivity index (χ3v) is 10.1. The molecule has 3 amide bonds. The van der Waals surface area contributed by atoms with Crippen LogP contribution < -0.4 is 4.90 Å². The van der Waals surface area contributed by atoms with Crippen LogP contribution in [0.15, 0.2) is 78.9 Å². The zero-order valence-electron chi connectivity index (χ0n) is 25.7. The van der Waals surface area contributed by atoms with Crippen molar-refractivity contribution in [2.24, 2.45) is 17.8 Å². The Morgan fingerprint density at radius 1 is 0.933 bits per heavy atom. The van der Waals surface area contributed by atoms with Crippen LogP contribution in [0.3, 0.4) is 0 Å². The molecule has 1 N–H and O–H groups in total. The SMILES string of the molecule is CC[C@]12C=CCN(c3ccccc3)C(=O)[C@H]1[C@H]1C(=O)N([C@@H](CO)C(C)C)C3C(=O)N(Cn4nnc5ccccc54)CC=C[C@@]31O2. The first-order valence-corrected chi connectivity index (χ1v) is 15.7. The summed E-state index contributed by atoms with van der Waals surface area (Å²) in [5, 5.41) is 19.1. The van der Waals surface area contributed by atoms with Crippen molar-refractivity contribution in [3.63, 3.8) is 0 Å². The Morgan fingerprint density at radius 3 is 2.40 bits per heavy atom. The Balaban J connectivity index is 1.35. The number of aromatic nitrogens is 3. The summed E-state index contributed by atoms with van der Waals surface area (Å²) in [5.74, 6) is -2.90. The number of benzene rings is 2. The number of amides is 3. The summed E-state index contributed by atoms with van der Waals surface area (Å²) in [7, 11) is 0. The van der Waals surface area contributed by atoms with Crippen molar-refractivity contribution in [1.29, 1.82) is 0 Å². The molecule has 1 unspecified atom stereocenters. The number of aliphatic hydroxyl groups excluding tert-OH is 1. The van der Waals surface area contributed by atoms with Crippen LogP contribution in [0.2, 0.25) is 0 Å². The van der Waals surface area contributed by atoms with E-state index >= 15 is 0 Å². The van der Waals surface area contributed by atoms with E-state index in [9.17, 15) is 19.5 Å². The number of carbonyl (C=O) groups excluding carboxylic acids is 3. The summed E-state index contributed by atoms with van der Waals surface area (Å²) in [5.41, 5.74) is -0.299. The van der Waals surface area contributed by atoms with E-state index < -0.39 is 35.1 Å². The number of para-hydroxylation sites is 2. The van der Waals surface area contributed by atoms with E-state index in [1.54, 1.807) is 14.5 Å². The Kier molecular flexibility index (Phi) is 7.13. The van der Waals surface area contributed by atoms with Crippen molar-refractivity contribution >= 4 is 34.4 Å². The molecule has 0 bridgehead atoms. The molecule has 7 rings (SSSR count).